The molecule has 164 valence electrons. The van der Waals surface area contributed by atoms with Crippen molar-refractivity contribution in [2.24, 2.45) is 0 Å². The first-order valence-corrected chi connectivity index (χ1v) is 10.6. The number of para-hydroxylation sites is 1. The average molecular weight is 438 g/mol. The maximum atomic E-state index is 13.6. The average Bonchev–Trinajstić information content (AvgIpc) is 3.15. The molecule has 1 atom stereocenters. The molecule has 0 unspecified atom stereocenters. The Morgan fingerprint density at radius 2 is 1.82 bits per heavy atom. The molecule has 1 N–H and O–H groups in total. The second kappa shape index (κ2) is 7.98. The van der Waals surface area contributed by atoms with Crippen molar-refractivity contribution in [1.29, 1.82) is 0 Å². The molecule has 0 saturated heterocycles. The Bertz CT molecular complexity index is 1570. The molecule has 5 rings (SSSR count). The predicted octanol–water partition coefficient (Wildman–Crippen LogP) is 3.54. The van der Waals surface area contributed by atoms with Gasteiger partial charge in [0.15, 0.2) is 0 Å². The number of nitrogens with one attached hydrogen (secondary N) is 1. The molecular formula is C25H22N6O2. The molecule has 8 nitrogen and oxygen atoms in total. The summed E-state index contributed by atoms with van der Waals surface area (Å²) in [5.74, 6) is -0.292. The second-order valence-electron chi connectivity index (χ2n) is 8.05. The lowest BCUT2D eigenvalue weighted by molar-refractivity contribution is 0.0939. The molecule has 0 spiro atoms. The number of benzene rings is 2. The minimum atomic E-state index is -0.459. The van der Waals surface area contributed by atoms with Crippen LogP contribution in [-0.2, 0) is 0 Å². The molecule has 0 aliphatic rings. The molecule has 0 saturated carbocycles. The number of aromatic nitrogens is 5. The summed E-state index contributed by atoms with van der Waals surface area (Å²) in [6, 6.07) is 16.8. The number of nitrogens with zero attached hydrogens (tertiary/aromatic N) is 5. The van der Waals surface area contributed by atoms with Crippen molar-refractivity contribution in [1.82, 2.24) is 29.7 Å². The normalized spacial score (nSPS) is 12.2. The van der Waals surface area contributed by atoms with Crippen molar-refractivity contribution in [3.63, 3.8) is 0 Å². The van der Waals surface area contributed by atoms with Crippen molar-refractivity contribution in [2.75, 3.05) is 0 Å². The number of hydrogen-bond donors (Lipinski definition) is 1. The monoisotopic (exact) mass is 438 g/mol. The first-order chi connectivity index (χ1) is 16.0. The van der Waals surface area contributed by atoms with E-state index < -0.39 is 6.04 Å². The van der Waals surface area contributed by atoms with Gasteiger partial charge in [-0.2, -0.15) is 10.2 Å². The molecule has 8 heteroatoms. The maximum absolute atomic E-state index is 13.6. The number of carbonyl (C=O) groups is 1. The zero-order chi connectivity index (χ0) is 23.1. The highest BCUT2D eigenvalue weighted by molar-refractivity contribution is 6.02. The summed E-state index contributed by atoms with van der Waals surface area (Å²) in [4.78, 5) is 26.9. The van der Waals surface area contributed by atoms with Gasteiger partial charge >= 0.3 is 0 Å². The van der Waals surface area contributed by atoms with Gasteiger partial charge in [0.1, 0.15) is 11.8 Å². The van der Waals surface area contributed by atoms with Gasteiger partial charge in [-0.25, -0.2) is 4.52 Å². The zero-order valence-electron chi connectivity index (χ0n) is 18.5. The quantitative estimate of drug-likeness (QED) is 0.463. The van der Waals surface area contributed by atoms with Crippen molar-refractivity contribution in [3.8, 4) is 5.69 Å². The number of pyridine rings is 1. The summed E-state index contributed by atoms with van der Waals surface area (Å²) in [5, 5.41) is 16.6. The molecule has 0 aliphatic carbocycles. The summed E-state index contributed by atoms with van der Waals surface area (Å²) >= 11 is 0. The lowest BCUT2D eigenvalue weighted by Gasteiger charge is -2.21. The van der Waals surface area contributed by atoms with Crippen molar-refractivity contribution in [2.45, 2.75) is 26.8 Å². The number of hydrogen-bond acceptors (Lipinski definition) is 5. The van der Waals surface area contributed by atoms with Crippen LogP contribution in [0.5, 0.6) is 0 Å². The fourth-order valence-electron chi connectivity index (χ4n) is 4.29. The van der Waals surface area contributed by atoms with Crippen molar-refractivity contribution >= 4 is 22.2 Å². The molecule has 5 aromatic rings. The first kappa shape index (κ1) is 20.6. The predicted molar refractivity (Wildman–Crippen MR) is 126 cm³/mol. The molecule has 2 aromatic carbocycles. The molecule has 0 aliphatic heterocycles. The van der Waals surface area contributed by atoms with E-state index in [0.717, 1.165) is 16.6 Å². The fraction of sp³-hybridized carbons (Fsp3) is 0.160. The lowest BCUT2D eigenvalue weighted by Crippen LogP contribution is -2.32. The Hall–Kier alpha value is -4.33. The summed E-state index contributed by atoms with van der Waals surface area (Å²) in [7, 11) is 0. The van der Waals surface area contributed by atoms with Crippen LogP contribution in [0.25, 0.3) is 22.0 Å². The third-order valence-corrected chi connectivity index (χ3v) is 5.85. The van der Waals surface area contributed by atoms with E-state index in [-0.39, 0.29) is 11.5 Å². The van der Waals surface area contributed by atoms with E-state index in [2.05, 4.69) is 20.6 Å². The standard InChI is InChI=1S/C25H22N6O2/c1-15-8-7-9-18-12-20(31(25(33)22(15)18)19-10-5-4-6-11-19)16(2)28-24(32)23-17(3)29-30-14-27-26-13-21(23)30/h4-14,16H,1-3H3,(H,28,32)/t16-/m0/s1. The molecular weight excluding hydrogens is 416 g/mol. The van der Waals surface area contributed by atoms with E-state index in [1.165, 1.54) is 17.0 Å². The molecule has 3 heterocycles. The largest absolute Gasteiger partial charge is 0.344 e. The number of carbonyl (C=O) groups excluding carboxylic acids is 1. The van der Waals surface area contributed by atoms with Gasteiger partial charge in [0.05, 0.1) is 28.9 Å². The Morgan fingerprint density at radius 1 is 1.03 bits per heavy atom. The van der Waals surface area contributed by atoms with Crippen LogP contribution in [0.2, 0.25) is 0 Å². The van der Waals surface area contributed by atoms with Crippen LogP contribution in [0.3, 0.4) is 0 Å². The van der Waals surface area contributed by atoms with Crippen molar-refractivity contribution in [3.05, 3.63) is 100.0 Å². The molecule has 0 fully saturated rings. The van der Waals surface area contributed by atoms with Gasteiger partial charge in [0.25, 0.3) is 11.5 Å². The Morgan fingerprint density at radius 3 is 2.61 bits per heavy atom. The maximum Gasteiger partial charge on any atom is 0.263 e. The summed E-state index contributed by atoms with van der Waals surface area (Å²) in [5.41, 5.74) is 3.80. The Balaban J connectivity index is 1.64. The first-order valence-electron chi connectivity index (χ1n) is 10.6. The topological polar surface area (TPSA) is 94.2 Å². The smallest absolute Gasteiger partial charge is 0.263 e. The minimum absolute atomic E-state index is 0.115. The van der Waals surface area contributed by atoms with Gasteiger partial charge in [-0.15, -0.1) is 5.10 Å². The van der Waals surface area contributed by atoms with Gasteiger partial charge in [-0.05, 0) is 49.9 Å². The van der Waals surface area contributed by atoms with Gasteiger partial charge in [-0.3, -0.25) is 14.2 Å². The van der Waals surface area contributed by atoms with Crippen molar-refractivity contribution < 1.29 is 4.79 Å². The third kappa shape index (κ3) is 3.45. The number of rotatable bonds is 4. The van der Waals surface area contributed by atoms with E-state index in [0.29, 0.717) is 27.9 Å². The zero-order valence-corrected chi connectivity index (χ0v) is 18.5. The fourth-order valence-corrected chi connectivity index (χ4v) is 4.29. The van der Waals surface area contributed by atoms with Crippen LogP contribution in [0, 0.1) is 13.8 Å². The van der Waals surface area contributed by atoms with Crippen LogP contribution in [0.1, 0.15) is 40.3 Å². The molecule has 33 heavy (non-hydrogen) atoms. The van der Waals surface area contributed by atoms with Crippen LogP contribution in [-0.4, -0.2) is 30.3 Å². The van der Waals surface area contributed by atoms with Crippen LogP contribution >= 0.6 is 0 Å². The van der Waals surface area contributed by atoms with E-state index in [1.807, 2.05) is 68.4 Å². The molecule has 1 amide bonds. The highest BCUT2D eigenvalue weighted by Gasteiger charge is 2.22. The summed E-state index contributed by atoms with van der Waals surface area (Å²) in [6.07, 6.45) is 2.97. The number of amides is 1. The van der Waals surface area contributed by atoms with E-state index in [1.54, 1.807) is 11.5 Å². The number of aryl methyl sites for hydroxylation is 2. The Kier molecular flexibility index (Phi) is 4.97. The molecule has 3 aromatic heterocycles. The molecule has 0 radical (unpaired) electrons. The highest BCUT2D eigenvalue weighted by atomic mass is 16.2. The van der Waals surface area contributed by atoms with Gasteiger partial charge in [0, 0.05) is 11.4 Å². The van der Waals surface area contributed by atoms with Crippen LogP contribution in [0.15, 0.2) is 71.9 Å². The van der Waals surface area contributed by atoms with Gasteiger partial charge in [-0.1, -0.05) is 36.4 Å². The van der Waals surface area contributed by atoms with E-state index in [9.17, 15) is 9.59 Å². The molecule has 0 bridgehead atoms. The van der Waals surface area contributed by atoms with Crippen LogP contribution < -0.4 is 10.9 Å². The van der Waals surface area contributed by atoms with Gasteiger partial charge in [0.2, 0.25) is 0 Å². The highest BCUT2D eigenvalue weighted by Crippen LogP contribution is 2.24. The minimum Gasteiger partial charge on any atom is -0.344 e. The summed E-state index contributed by atoms with van der Waals surface area (Å²) in [6.45, 7) is 5.57. The van der Waals surface area contributed by atoms with E-state index >= 15 is 0 Å². The number of fused-ring (bicyclic) bond motifs is 2. The SMILES string of the molecule is Cc1nn2cnncc2c1C(=O)N[C@@H](C)c1cc2cccc(C)c2c(=O)n1-c1ccccc1. The Labute approximate surface area is 189 Å². The second-order valence-corrected chi connectivity index (χ2v) is 8.05. The lowest BCUT2D eigenvalue weighted by atomic mass is 10.0. The van der Waals surface area contributed by atoms with Crippen LogP contribution in [0.4, 0.5) is 0 Å². The van der Waals surface area contributed by atoms with Gasteiger partial charge < -0.3 is 5.32 Å². The summed E-state index contributed by atoms with van der Waals surface area (Å²) < 4.78 is 3.20. The van der Waals surface area contributed by atoms with E-state index in [4.69, 9.17) is 0 Å². The third-order valence-electron chi connectivity index (χ3n) is 5.85.